The Bertz CT molecular complexity index is 234. The van der Waals surface area contributed by atoms with Gasteiger partial charge in [-0.05, 0) is 32.1 Å². The maximum Gasteiger partial charge on any atom is 0.302 e. The van der Waals surface area contributed by atoms with Crippen molar-refractivity contribution in [2.75, 3.05) is 6.61 Å². The van der Waals surface area contributed by atoms with E-state index in [2.05, 4.69) is 19.1 Å². The van der Waals surface area contributed by atoms with Gasteiger partial charge in [0.05, 0.1) is 6.61 Å². The number of rotatable bonds is 14. The van der Waals surface area contributed by atoms with Crippen molar-refractivity contribution < 1.29 is 9.53 Å². The van der Waals surface area contributed by atoms with E-state index in [9.17, 15) is 4.79 Å². The first-order valence-corrected chi connectivity index (χ1v) is 8.55. The van der Waals surface area contributed by atoms with E-state index in [1.807, 2.05) is 0 Å². The van der Waals surface area contributed by atoms with Crippen molar-refractivity contribution in [1.29, 1.82) is 0 Å². The first kappa shape index (κ1) is 19.2. The van der Waals surface area contributed by atoms with Gasteiger partial charge in [0.2, 0.25) is 0 Å². The summed E-state index contributed by atoms with van der Waals surface area (Å²) in [5, 5.41) is 0. The number of carbonyl (C=O) groups excluding carboxylic acids is 1. The Labute approximate surface area is 126 Å². The van der Waals surface area contributed by atoms with Gasteiger partial charge in [-0.25, -0.2) is 0 Å². The lowest BCUT2D eigenvalue weighted by molar-refractivity contribution is -0.141. The van der Waals surface area contributed by atoms with Crippen LogP contribution in [0.5, 0.6) is 0 Å². The van der Waals surface area contributed by atoms with Crippen molar-refractivity contribution in [2.45, 2.75) is 90.9 Å². The number of hydrogen-bond donors (Lipinski definition) is 0. The van der Waals surface area contributed by atoms with Crippen molar-refractivity contribution >= 4 is 5.97 Å². The molecule has 0 amide bonds. The summed E-state index contributed by atoms with van der Waals surface area (Å²) in [4.78, 5) is 10.5. The molecule has 0 bridgehead atoms. The van der Waals surface area contributed by atoms with E-state index < -0.39 is 0 Å². The SMILES string of the molecule is CCCCCCCCC=CCCCCCCOC(C)=O. The number of hydrogen-bond acceptors (Lipinski definition) is 2. The normalized spacial score (nSPS) is 11.1. The molecule has 0 radical (unpaired) electrons. The zero-order chi connectivity index (χ0) is 14.9. The Morgan fingerprint density at radius 3 is 1.85 bits per heavy atom. The minimum atomic E-state index is -0.164. The summed E-state index contributed by atoms with van der Waals surface area (Å²) < 4.78 is 4.90. The molecule has 2 nitrogen and oxygen atoms in total. The molecule has 0 unspecified atom stereocenters. The molecule has 118 valence electrons. The Balaban J connectivity index is 3.07. The predicted octanol–water partition coefficient (Wildman–Crippen LogP) is 5.81. The molecule has 0 aliphatic rings. The van der Waals surface area contributed by atoms with Crippen molar-refractivity contribution in [3.63, 3.8) is 0 Å². The molecule has 0 heterocycles. The Morgan fingerprint density at radius 2 is 1.30 bits per heavy atom. The first-order chi connectivity index (χ1) is 9.77. The second-order valence-corrected chi connectivity index (χ2v) is 5.57. The molecule has 0 rings (SSSR count). The van der Waals surface area contributed by atoms with Gasteiger partial charge in [-0.2, -0.15) is 0 Å². The van der Waals surface area contributed by atoms with E-state index in [1.54, 1.807) is 0 Å². The molecule has 0 N–H and O–H groups in total. The first-order valence-electron chi connectivity index (χ1n) is 8.55. The topological polar surface area (TPSA) is 26.3 Å². The van der Waals surface area contributed by atoms with E-state index in [-0.39, 0.29) is 5.97 Å². The molecule has 0 aromatic heterocycles. The average Bonchev–Trinajstić information content (AvgIpc) is 2.43. The lowest BCUT2D eigenvalue weighted by Crippen LogP contribution is -1.99. The molecular weight excluding hydrogens is 248 g/mol. The predicted molar refractivity (Wildman–Crippen MR) is 86.9 cm³/mol. The van der Waals surface area contributed by atoms with Crippen LogP contribution in [0.2, 0.25) is 0 Å². The molecule has 0 saturated heterocycles. The molecule has 20 heavy (non-hydrogen) atoms. The van der Waals surface area contributed by atoms with Gasteiger partial charge in [-0.1, -0.05) is 64.0 Å². The summed E-state index contributed by atoms with van der Waals surface area (Å²) in [5.41, 5.74) is 0. The van der Waals surface area contributed by atoms with Crippen LogP contribution < -0.4 is 0 Å². The maximum absolute atomic E-state index is 10.5. The summed E-state index contributed by atoms with van der Waals surface area (Å²) in [7, 11) is 0. The number of unbranched alkanes of at least 4 members (excludes halogenated alkanes) is 10. The van der Waals surface area contributed by atoms with Crippen LogP contribution in [0.25, 0.3) is 0 Å². The lowest BCUT2D eigenvalue weighted by Gasteiger charge is -2.01. The Morgan fingerprint density at radius 1 is 0.800 bits per heavy atom. The molecule has 0 spiro atoms. The largest absolute Gasteiger partial charge is 0.466 e. The number of esters is 1. The summed E-state index contributed by atoms with van der Waals surface area (Å²) in [6.07, 6.45) is 20.1. The fourth-order valence-electron chi connectivity index (χ4n) is 2.21. The fourth-order valence-corrected chi connectivity index (χ4v) is 2.21. The molecule has 0 aromatic rings. The monoisotopic (exact) mass is 282 g/mol. The summed E-state index contributed by atoms with van der Waals surface area (Å²) in [6.45, 7) is 4.32. The van der Waals surface area contributed by atoms with Crippen LogP contribution in [0.3, 0.4) is 0 Å². The van der Waals surface area contributed by atoms with Gasteiger partial charge in [0.15, 0.2) is 0 Å². The van der Waals surface area contributed by atoms with Crippen LogP contribution in [0, 0.1) is 0 Å². The fraction of sp³-hybridized carbons (Fsp3) is 0.833. The summed E-state index contributed by atoms with van der Waals surface area (Å²) >= 11 is 0. The third-order valence-corrected chi connectivity index (χ3v) is 3.46. The van der Waals surface area contributed by atoms with Gasteiger partial charge in [0.25, 0.3) is 0 Å². The lowest BCUT2D eigenvalue weighted by atomic mass is 10.1. The summed E-state index contributed by atoms with van der Waals surface area (Å²) in [5.74, 6) is -0.164. The van der Waals surface area contributed by atoms with Gasteiger partial charge in [0, 0.05) is 6.92 Å². The highest BCUT2D eigenvalue weighted by molar-refractivity contribution is 5.65. The van der Waals surface area contributed by atoms with E-state index in [1.165, 1.54) is 77.6 Å². The molecule has 0 aliphatic heterocycles. The van der Waals surface area contributed by atoms with E-state index in [0.717, 1.165) is 6.42 Å². The zero-order valence-electron chi connectivity index (χ0n) is 13.7. The van der Waals surface area contributed by atoms with Crippen molar-refractivity contribution in [3.05, 3.63) is 12.2 Å². The van der Waals surface area contributed by atoms with Crippen LogP contribution in [0.15, 0.2) is 12.2 Å². The van der Waals surface area contributed by atoms with Gasteiger partial charge in [-0.15, -0.1) is 0 Å². The van der Waals surface area contributed by atoms with Gasteiger partial charge in [0.1, 0.15) is 0 Å². The van der Waals surface area contributed by atoms with E-state index >= 15 is 0 Å². The van der Waals surface area contributed by atoms with Crippen molar-refractivity contribution in [2.24, 2.45) is 0 Å². The molecule has 0 aromatic carbocycles. The molecule has 2 heteroatoms. The highest BCUT2D eigenvalue weighted by atomic mass is 16.5. The maximum atomic E-state index is 10.5. The third-order valence-electron chi connectivity index (χ3n) is 3.46. The van der Waals surface area contributed by atoms with Crippen LogP contribution in [-0.2, 0) is 9.53 Å². The van der Waals surface area contributed by atoms with Crippen molar-refractivity contribution in [3.8, 4) is 0 Å². The minimum Gasteiger partial charge on any atom is -0.466 e. The van der Waals surface area contributed by atoms with Crippen LogP contribution in [0.1, 0.15) is 90.9 Å². The van der Waals surface area contributed by atoms with Gasteiger partial charge >= 0.3 is 5.97 Å². The number of allylic oxidation sites excluding steroid dienone is 2. The minimum absolute atomic E-state index is 0.164. The number of ether oxygens (including phenoxy) is 1. The van der Waals surface area contributed by atoms with Crippen molar-refractivity contribution in [1.82, 2.24) is 0 Å². The average molecular weight is 282 g/mol. The Hall–Kier alpha value is -0.790. The van der Waals surface area contributed by atoms with Gasteiger partial charge in [-0.3, -0.25) is 4.79 Å². The second kappa shape index (κ2) is 16.3. The molecule has 0 atom stereocenters. The van der Waals surface area contributed by atoms with E-state index in [4.69, 9.17) is 4.74 Å². The van der Waals surface area contributed by atoms with E-state index in [0.29, 0.717) is 6.61 Å². The molecule has 0 saturated carbocycles. The highest BCUT2D eigenvalue weighted by Gasteiger charge is 1.93. The molecule has 0 aliphatic carbocycles. The van der Waals surface area contributed by atoms with Gasteiger partial charge < -0.3 is 4.74 Å². The highest BCUT2D eigenvalue weighted by Crippen LogP contribution is 2.08. The zero-order valence-corrected chi connectivity index (χ0v) is 13.7. The quantitative estimate of drug-likeness (QED) is 0.228. The van der Waals surface area contributed by atoms with Crippen LogP contribution in [0.4, 0.5) is 0 Å². The van der Waals surface area contributed by atoms with Crippen LogP contribution in [-0.4, -0.2) is 12.6 Å². The molecular formula is C18H34O2. The number of carbonyl (C=O) groups is 1. The third kappa shape index (κ3) is 17.2. The smallest absolute Gasteiger partial charge is 0.302 e. The second-order valence-electron chi connectivity index (χ2n) is 5.57. The Kier molecular flexibility index (Phi) is 15.6. The summed E-state index contributed by atoms with van der Waals surface area (Å²) in [6, 6.07) is 0. The standard InChI is InChI=1S/C18H34O2/c1-3-4-5-6-7-8-9-10-11-12-13-14-15-16-17-20-18(2)19/h10-11H,3-9,12-17H2,1-2H3. The molecule has 0 fully saturated rings. The van der Waals surface area contributed by atoms with Crippen LogP contribution >= 0.6 is 0 Å².